The number of nitrogens with zero attached hydrogens (tertiary/aromatic N) is 4. The average Bonchev–Trinajstić information content (AvgIpc) is 2.78. The van der Waals surface area contributed by atoms with E-state index in [0.717, 1.165) is 0 Å². The molecule has 2 fully saturated rings. The number of amides is 2. The second kappa shape index (κ2) is 10.8. The minimum atomic E-state index is -3.69. The Hall–Kier alpha value is -1.88. The number of piperazine rings is 2. The van der Waals surface area contributed by atoms with Crippen molar-refractivity contribution in [2.75, 3.05) is 65.5 Å². The van der Waals surface area contributed by atoms with Gasteiger partial charge in [-0.05, 0) is 18.1 Å². The van der Waals surface area contributed by atoms with E-state index in [9.17, 15) is 18.0 Å². The third-order valence-corrected chi connectivity index (χ3v) is 7.97. The molecule has 0 spiro atoms. The minimum absolute atomic E-state index is 0.0318. The molecule has 0 aliphatic carbocycles. The molecule has 1 aromatic rings. The van der Waals surface area contributed by atoms with Crippen LogP contribution in [0.2, 0.25) is 5.02 Å². The largest absolute Gasteiger partial charge is 0.449 e. The topological polar surface area (TPSA) is 90.5 Å². The van der Waals surface area contributed by atoms with E-state index in [-0.39, 0.29) is 47.5 Å². The number of ether oxygens (including phenoxy) is 1. The number of sulfonamides is 1. The van der Waals surface area contributed by atoms with E-state index in [2.05, 4.69) is 0 Å². The van der Waals surface area contributed by atoms with Crippen LogP contribution < -0.4 is 0 Å². The van der Waals surface area contributed by atoms with Gasteiger partial charge in [-0.3, -0.25) is 9.69 Å². The summed E-state index contributed by atoms with van der Waals surface area (Å²) in [5.41, 5.74) is 0. The van der Waals surface area contributed by atoms with Gasteiger partial charge in [-0.15, -0.1) is 0 Å². The Morgan fingerprint density at radius 3 is 2.16 bits per heavy atom. The molecule has 0 radical (unpaired) electrons. The monoisotopic (exact) mass is 486 g/mol. The van der Waals surface area contributed by atoms with Crippen molar-refractivity contribution in [2.45, 2.75) is 18.7 Å². The fourth-order valence-electron chi connectivity index (χ4n) is 3.68. The molecule has 3 rings (SSSR count). The second-order valence-electron chi connectivity index (χ2n) is 8.45. The summed E-state index contributed by atoms with van der Waals surface area (Å²) in [6.07, 6.45) is -0.305. The van der Waals surface area contributed by atoms with Crippen LogP contribution >= 0.6 is 11.6 Å². The van der Waals surface area contributed by atoms with E-state index in [0.29, 0.717) is 45.9 Å². The summed E-state index contributed by atoms with van der Waals surface area (Å²) < 4.78 is 32.4. The van der Waals surface area contributed by atoms with Gasteiger partial charge < -0.3 is 14.5 Å². The van der Waals surface area contributed by atoms with E-state index in [1.807, 2.05) is 18.7 Å². The molecule has 0 N–H and O–H groups in total. The number of carbonyl (C=O) groups excluding carboxylic acids is 2. The first-order valence-electron chi connectivity index (χ1n) is 10.8. The lowest BCUT2D eigenvalue weighted by atomic mass is 10.2. The third-order valence-electron chi connectivity index (χ3n) is 5.58. The van der Waals surface area contributed by atoms with Crippen LogP contribution in [0.4, 0.5) is 4.79 Å². The molecule has 0 aromatic heterocycles. The number of hydrogen-bond acceptors (Lipinski definition) is 6. The molecule has 0 saturated carbocycles. The highest BCUT2D eigenvalue weighted by Crippen LogP contribution is 2.25. The molecular weight excluding hydrogens is 456 g/mol. The summed E-state index contributed by atoms with van der Waals surface area (Å²) in [5, 5.41) is 0.193. The molecule has 2 heterocycles. The van der Waals surface area contributed by atoms with Crippen molar-refractivity contribution in [3.63, 3.8) is 0 Å². The summed E-state index contributed by atoms with van der Waals surface area (Å²) in [4.78, 5) is 30.3. The number of benzene rings is 1. The fraction of sp³-hybridized carbons (Fsp3) is 0.619. The van der Waals surface area contributed by atoms with Crippen LogP contribution in [0.1, 0.15) is 13.8 Å². The van der Waals surface area contributed by atoms with Crippen LogP contribution in [0.25, 0.3) is 0 Å². The van der Waals surface area contributed by atoms with Gasteiger partial charge in [0.05, 0.1) is 18.2 Å². The molecule has 0 atom stereocenters. The highest BCUT2D eigenvalue weighted by atomic mass is 35.5. The van der Waals surface area contributed by atoms with Crippen molar-refractivity contribution in [2.24, 2.45) is 5.92 Å². The molecule has 0 unspecified atom stereocenters. The zero-order valence-corrected chi connectivity index (χ0v) is 20.1. The summed E-state index contributed by atoms with van der Waals surface area (Å²) >= 11 is 6.07. The Balaban J connectivity index is 1.44. The van der Waals surface area contributed by atoms with Gasteiger partial charge in [-0.2, -0.15) is 4.31 Å². The van der Waals surface area contributed by atoms with Gasteiger partial charge in [-0.1, -0.05) is 37.6 Å². The summed E-state index contributed by atoms with van der Waals surface area (Å²) in [6, 6.07) is 6.38. The molecule has 9 nitrogen and oxygen atoms in total. The lowest BCUT2D eigenvalue weighted by molar-refractivity contribution is -0.134. The molecule has 0 bridgehead atoms. The molecule has 2 aliphatic heterocycles. The zero-order chi connectivity index (χ0) is 23.3. The third kappa shape index (κ3) is 6.12. The van der Waals surface area contributed by atoms with Gasteiger partial charge in [-0.25, -0.2) is 13.2 Å². The maximum atomic E-state index is 12.9. The van der Waals surface area contributed by atoms with E-state index >= 15 is 0 Å². The molecule has 2 amide bonds. The van der Waals surface area contributed by atoms with E-state index in [1.54, 1.807) is 28.0 Å². The Bertz CT molecular complexity index is 911. The maximum Gasteiger partial charge on any atom is 0.409 e. The molecular formula is C21H31ClN4O5S. The first-order chi connectivity index (χ1) is 15.2. The Morgan fingerprint density at radius 1 is 0.969 bits per heavy atom. The first-order valence-corrected chi connectivity index (χ1v) is 12.7. The van der Waals surface area contributed by atoms with Crippen molar-refractivity contribution in [1.82, 2.24) is 19.0 Å². The molecule has 32 heavy (non-hydrogen) atoms. The standard InChI is InChI=1S/C21H31ClN4O5S/c1-17(2)16-31-21(28)25-9-7-23(8-10-25)15-20(27)24-11-13-26(14-12-24)32(29,30)19-6-4-3-5-18(19)22/h3-6,17H,7-16H2,1-2H3. The van der Waals surface area contributed by atoms with Crippen LogP contribution in [0, 0.1) is 5.92 Å². The highest BCUT2D eigenvalue weighted by molar-refractivity contribution is 7.89. The quantitative estimate of drug-likeness (QED) is 0.606. The number of hydrogen-bond donors (Lipinski definition) is 0. The Labute approximate surface area is 194 Å². The number of halogens is 1. The smallest absolute Gasteiger partial charge is 0.409 e. The van der Waals surface area contributed by atoms with Crippen LogP contribution in [-0.4, -0.2) is 105 Å². The Kier molecular flexibility index (Phi) is 8.37. The van der Waals surface area contributed by atoms with Crippen molar-refractivity contribution in [1.29, 1.82) is 0 Å². The van der Waals surface area contributed by atoms with Gasteiger partial charge in [0.2, 0.25) is 15.9 Å². The van der Waals surface area contributed by atoms with E-state index in [4.69, 9.17) is 16.3 Å². The lowest BCUT2D eigenvalue weighted by Crippen LogP contribution is -2.55. The molecule has 11 heteroatoms. The van der Waals surface area contributed by atoms with Crippen molar-refractivity contribution in [3.8, 4) is 0 Å². The van der Waals surface area contributed by atoms with Gasteiger partial charge >= 0.3 is 6.09 Å². The first kappa shape index (κ1) is 24.8. The van der Waals surface area contributed by atoms with Gasteiger partial charge in [0.1, 0.15) is 4.90 Å². The van der Waals surface area contributed by atoms with Crippen LogP contribution in [-0.2, 0) is 19.6 Å². The normalized spacial score (nSPS) is 18.8. The number of carbonyl (C=O) groups is 2. The predicted octanol–water partition coefficient (Wildman–Crippen LogP) is 1.58. The summed E-state index contributed by atoms with van der Waals surface area (Å²) in [7, 11) is -3.69. The maximum absolute atomic E-state index is 12.9. The minimum Gasteiger partial charge on any atom is -0.449 e. The summed E-state index contributed by atoms with van der Waals surface area (Å²) in [5.74, 6) is 0.258. The van der Waals surface area contributed by atoms with Gasteiger partial charge in [0, 0.05) is 52.4 Å². The summed E-state index contributed by atoms with van der Waals surface area (Å²) in [6.45, 7) is 8.01. The SMILES string of the molecule is CC(C)COC(=O)N1CCN(CC(=O)N2CCN(S(=O)(=O)c3ccccc3Cl)CC2)CC1. The highest BCUT2D eigenvalue weighted by Gasteiger charge is 2.32. The average molecular weight is 487 g/mol. The van der Waals surface area contributed by atoms with Crippen molar-refractivity contribution >= 4 is 33.6 Å². The Morgan fingerprint density at radius 2 is 1.56 bits per heavy atom. The molecule has 2 aliphatic rings. The zero-order valence-electron chi connectivity index (χ0n) is 18.6. The number of rotatable bonds is 6. The lowest BCUT2D eigenvalue weighted by Gasteiger charge is -2.37. The predicted molar refractivity (Wildman–Crippen MR) is 121 cm³/mol. The molecule has 2 saturated heterocycles. The van der Waals surface area contributed by atoms with E-state index < -0.39 is 10.0 Å². The van der Waals surface area contributed by atoms with Crippen LogP contribution in [0.15, 0.2) is 29.2 Å². The van der Waals surface area contributed by atoms with Crippen LogP contribution in [0.3, 0.4) is 0 Å². The van der Waals surface area contributed by atoms with Gasteiger partial charge in [0.25, 0.3) is 0 Å². The van der Waals surface area contributed by atoms with Crippen molar-refractivity contribution < 1.29 is 22.7 Å². The molecule has 178 valence electrons. The fourth-order valence-corrected chi connectivity index (χ4v) is 5.60. The second-order valence-corrected chi connectivity index (χ2v) is 10.8. The van der Waals surface area contributed by atoms with Crippen molar-refractivity contribution in [3.05, 3.63) is 29.3 Å². The van der Waals surface area contributed by atoms with Gasteiger partial charge in [0.15, 0.2) is 0 Å². The van der Waals surface area contributed by atoms with Crippen LogP contribution in [0.5, 0.6) is 0 Å². The van der Waals surface area contributed by atoms with E-state index in [1.165, 1.54) is 10.4 Å². The molecule has 1 aromatic carbocycles.